The number of thiazole rings is 1. The van der Waals surface area contributed by atoms with Crippen LogP contribution in [0.2, 0.25) is 0 Å². The summed E-state index contributed by atoms with van der Waals surface area (Å²) in [5.41, 5.74) is -0.665. The standard InChI is InChI=1S/C12H18N2O3S/c1-5-6-12(3,11(16)17-4)14-10(15)9-7-18-8(2)13-9/h7H,5-6H2,1-4H3,(H,14,15). The predicted octanol–water partition coefficient (Wildman–Crippen LogP) is 1.91. The first-order chi connectivity index (χ1) is 8.42. The number of aromatic nitrogens is 1. The van der Waals surface area contributed by atoms with E-state index in [9.17, 15) is 9.59 Å². The second-order valence-electron chi connectivity index (χ2n) is 4.28. The lowest BCUT2D eigenvalue weighted by Crippen LogP contribution is -2.52. The third-order valence-corrected chi connectivity index (χ3v) is 3.40. The maximum absolute atomic E-state index is 12.0. The van der Waals surface area contributed by atoms with E-state index in [1.165, 1.54) is 18.4 Å². The van der Waals surface area contributed by atoms with E-state index >= 15 is 0 Å². The molecule has 1 amide bonds. The van der Waals surface area contributed by atoms with Gasteiger partial charge in [-0.1, -0.05) is 13.3 Å². The molecule has 1 heterocycles. The number of carbonyl (C=O) groups excluding carboxylic acids is 2. The number of rotatable bonds is 5. The molecule has 1 aromatic heterocycles. The van der Waals surface area contributed by atoms with E-state index in [2.05, 4.69) is 10.3 Å². The molecular formula is C12H18N2O3S. The summed E-state index contributed by atoms with van der Waals surface area (Å²) < 4.78 is 4.74. The fraction of sp³-hybridized carbons (Fsp3) is 0.583. The first kappa shape index (κ1) is 14.6. The van der Waals surface area contributed by atoms with Crippen LogP contribution in [0.1, 0.15) is 42.2 Å². The fourth-order valence-corrected chi connectivity index (χ4v) is 2.32. The van der Waals surface area contributed by atoms with Gasteiger partial charge in [0.15, 0.2) is 0 Å². The number of amides is 1. The Kier molecular flexibility index (Phi) is 4.84. The second-order valence-corrected chi connectivity index (χ2v) is 5.34. The second kappa shape index (κ2) is 5.95. The number of ether oxygens (including phenoxy) is 1. The Balaban J connectivity index is 2.84. The van der Waals surface area contributed by atoms with Crippen LogP contribution in [-0.2, 0) is 9.53 Å². The normalized spacial score (nSPS) is 13.8. The highest BCUT2D eigenvalue weighted by molar-refractivity contribution is 7.09. The minimum Gasteiger partial charge on any atom is -0.467 e. The van der Waals surface area contributed by atoms with Crippen molar-refractivity contribution in [3.8, 4) is 0 Å². The molecule has 0 saturated carbocycles. The average molecular weight is 270 g/mol. The molecule has 0 aliphatic rings. The van der Waals surface area contributed by atoms with Crippen molar-refractivity contribution in [2.45, 2.75) is 39.2 Å². The summed E-state index contributed by atoms with van der Waals surface area (Å²) in [5.74, 6) is -0.787. The lowest BCUT2D eigenvalue weighted by atomic mass is 9.96. The van der Waals surface area contributed by atoms with Gasteiger partial charge in [0.2, 0.25) is 0 Å². The molecule has 0 aromatic carbocycles. The molecule has 100 valence electrons. The van der Waals surface area contributed by atoms with Crippen LogP contribution in [-0.4, -0.2) is 29.5 Å². The Hall–Kier alpha value is -1.43. The van der Waals surface area contributed by atoms with Gasteiger partial charge >= 0.3 is 5.97 Å². The third-order valence-electron chi connectivity index (χ3n) is 2.63. The molecule has 6 heteroatoms. The first-order valence-corrected chi connectivity index (χ1v) is 6.64. The maximum Gasteiger partial charge on any atom is 0.331 e. The van der Waals surface area contributed by atoms with Crippen molar-refractivity contribution >= 4 is 23.2 Å². The van der Waals surface area contributed by atoms with Gasteiger partial charge in [-0.3, -0.25) is 4.79 Å². The zero-order chi connectivity index (χ0) is 13.8. The van der Waals surface area contributed by atoms with E-state index in [0.29, 0.717) is 12.1 Å². The van der Waals surface area contributed by atoms with Gasteiger partial charge in [0.05, 0.1) is 12.1 Å². The Labute approximate surface area is 111 Å². The summed E-state index contributed by atoms with van der Waals surface area (Å²) in [6, 6.07) is 0. The molecule has 0 spiro atoms. The molecule has 5 nitrogen and oxygen atoms in total. The van der Waals surface area contributed by atoms with Gasteiger partial charge in [0, 0.05) is 5.38 Å². The molecule has 1 atom stereocenters. The van der Waals surface area contributed by atoms with Gasteiger partial charge in [-0.2, -0.15) is 0 Å². The molecule has 0 aliphatic heterocycles. The van der Waals surface area contributed by atoms with E-state index in [1.54, 1.807) is 12.3 Å². The van der Waals surface area contributed by atoms with E-state index in [4.69, 9.17) is 4.74 Å². The molecule has 1 aromatic rings. The van der Waals surface area contributed by atoms with Crippen LogP contribution in [0.3, 0.4) is 0 Å². The van der Waals surface area contributed by atoms with E-state index in [-0.39, 0.29) is 5.91 Å². The molecule has 1 unspecified atom stereocenters. The highest BCUT2D eigenvalue weighted by Gasteiger charge is 2.35. The van der Waals surface area contributed by atoms with Crippen LogP contribution in [0.5, 0.6) is 0 Å². The van der Waals surface area contributed by atoms with Crippen LogP contribution in [0.25, 0.3) is 0 Å². The minimum absolute atomic E-state index is 0.337. The van der Waals surface area contributed by atoms with Gasteiger partial charge in [0.25, 0.3) is 5.91 Å². The van der Waals surface area contributed by atoms with E-state index in [0.717, 1.165) is 11.4 Å². The van der Waals surface area contributed by atoms with Crippen molar-refractivity contribution in [2.75, 3.05) is 7.11 Å². The van der Waals surface area contributed by atoms with Gasteiger partial charge in [-0.05, 0) is 20.3 Å². The zero-order valence-electron chi connectivity index (χ0n) is 11.1. The van der Waals surface area contributed by atoms with Gasteiger partial charge in [-0.25, -0.2) is 9.78 Å². The molecule has 1 N–H and O–H groups in total. The summed E-state index contributed by atoms with van der Waals surface area (Å²) in [5, 5.41) is 5.20. The van der Waals surface area contributed by atoms with Crippen molar-refractivity contribution in [1.29, 1.82) is 0 Å². The Bertz CT molecular complexity index is 444. The highest BCUT2D eigenvalue weighted by Crippen LogP contribution is 2.16. The molecule has 0 radical (unpaired) electrons. The minimum atomic E-state index is -1.00. The van der Waals surface area contributed by atoms with Crippen molar-refractivity contribution in [3.05, 3.63) is 16.1 Å². The van der Waals surface area contributed by atoms with E-state index in [1.807, 2.05) is 13.8 Å². The molecule has 0 bridgehead atoms. The maximum atomic E-state index is 12.0. The summed E-state index contributed by atoms with van der Waals surface area (Å²) >= 11 is 1.40. The van der Waals surface area contributed by atoms with Crippen molar-refractivity contribution in [2.24, 2.45) is 0 Å². The number of carbonyl (C=O) groups is 2. The summed E-state index contributed by atoms with van der Waals surface area (Å²) in [4.78, 5) is 27.8. The summed E-state index contributed by atoms with van der Waals surface area (Å²) in [7, 11) is 1.31. The molecular weight excluding hydrogens is 252 g/mol. The van der Waals surface area contributed by atoms with Gasteiger partial charge < -0.3 is 10.1 Å². The Morgan fingerprint density at radius 1 is 1.56 bits per heavy atom. The number of esters is 1. The summed E-state index contributed by atoms with van der Waals surface area (Å²) in [6.07, 6.45) is 1.29. The van der Waals surface area contributed by atoms with Crippen molar-refractivity contribution in [1.82, 2.24) is 10.3 Å². The van der Waals surface area contributed by atoms with Crippen LogP contribution in [0, 0.1) is 6.92 Å². The smallest absolute Gasteiger partial charge is 0.331 e. The number of aryl methyl sites for hydroxylation is 1. The van der Waals surface area contributed by atoms with Gasteiger partial charge in [0.1, 0.15) is 11.2 Å². The highest BCUT2D eigenvalue weighted by atomic mass is 32.1. The largest absolute Gasteiger partial charge is 0.467 e. The van der Waals surface area contributed by atoms with Gasteiger partial charge in [-0.15, -0.1) is 11.3 Å². The third kappa shape index (κ3) is 3.29. The van der Waals surface area contributed by atoms with E-state index < -0.39 is 11.5 Å². The lowest BCUT2D eigenvalue weighted by molar-refractivity contribution is -0.147. The van der Waals surface area contributed by atoms with Crippen molar-refractivity contribution in [3.63, 3.8) is 0 Å². The number of hydrogen-bond acceptors (Lipinski definition) is 5. The Morgan fingerprint density at radius 2 is 2.22 bits per heavy atom. The summed E-state index contributed by atoms with van der Waals surface area (Å²) in [6.45, 7) is 5.44. The Morgan fingerprint density at radius 3 is 2.67 bits per heavy atom. The topological polar surface area (TPSA) is 68.3 Å². The molecule has 0 fully saturated rings. The molecule has 18 heavy (non-hydrogen) atoms. The quantitative estimate of drug-likeness (QED) is 0.830. The number of nitrogens with zero attached hydrogens (tertiary/aromatic N) is 1. The molecule has 1 rings (SSSR count). The van der Waals surface area contributed by atoms with Crippen LogP contribution >= 0.6 is 11.3 Å². The predicted molar refractivity (Wildman–Crippen MR) is 69.6 cm³/mol. The van der Waals surface area contributed by atoms with Crippen LogP contribution in [0.15, 0.2) is 5.38 Å². The average Bonchev–Trinajstić information content (AvgIpc) is 2.75. The molecule has 0 aliphatic carbocycles. The molecule has 0 saturated heterocycles. The van der Waals surface area contributed by atoms with Crippen molar-refractivity contribution < 1.29 is 14.3 Å². The van der Waals surface area contributed by atoms with Crippen LogP contribution < -0.4 is 5.32 Å². The fourth-order valence-electron chi connectivity index (χ4n) is 1.72. The number of methoxy groups -OCH3 is 1. The van der Waals surface area contributed by atoms with Crippen LogP contribution in [0.4, 0.5) is 0 Å². The zero-order valence-corrected chi connectivity index (χ0v) is 11.9. The first-order valence-electron chi connectivity index (χ1n) is 5.76. The SMILES string of the molecule is CCCC(C)(NC(=O)c1csc(C)n1)C(=O)OC. The monoisotopic (exact) mass is 270 g/mol. The number of hydrogen-bond donors (Lipinski definition) is 1. The lowest BCUT2D eigenvalue weighted by Gasteiger charge is -2.27. The number of nitrogens with one attached hydrogen (secondary N) is 1.